The molecule has 0 unspecified atom stereocenters. The summed E-state index contributed by atoms with van der Waals surface area (Å²) in [6.07, 6.45) is 3.13. The van der Waals surface area contributed by atoms with E-state index < -0.39 is 10.7 Å². The van der Waals surface area contributed by atoms with Crippen molar-refractivity contribution in [3.63, 3.8) is 0 Å². The average Bonchev–Trinajstić information content (AvgIpc) is 3.41. The molecule has 2 heterocycles. The second kappa shape index (κ2) is 9.42. The number of nitro groups is 1. The van der Waals surface area contributed by atoms with Crippen LogP contribution in [0.15, 0.2) is 57.3 Å². The van der Waals surface area contributed by atoms with Crippen molar-refractivity contribution in [3.05, 3.63) is 63.7 Å². The van der Waals surface area contributed by atoms with E-state index in [1.165, 1.54) is 52.8 Å². The molecule has 9 nitrogen and oxygen atoms in total. The zero-order valence-corrected chi connectivity index (χ0v) is 18.9. The third-order valence-electron chi connectivity index (χ3n) is 4.22. The first kappa shape index (κ1) is 21.9. The second-order valence-corrected chi connectivity index (χ2v) is 9.99. The topological polar surface area (TPSA) is 131 Å². The van der Waals surface area contributed by atoms with Gasteiger partial charge < -0.3 is 10.4 Å². The summed E-state index contributed by atoms with van der Waals surface area (Å²) < 4.78 is 1.67. The Morgan fingerprint density at radius 3 is 2.94 bits per heavy atom. The number of carbonyl (C=O) groups excluding carboxylic acids is 1. The van der Waals surface area contributed by atoms with Gasteiger partial charge >= 0.3 is 5.69 Å². The maximum Gasteiger partial charge on any atom is 0.311 e. The smallest absolute Gasteiger partial charge is 0.311 e. The summed E-state index contributed by atoms with van der Waals surface area (Å²) in [6, 6.07) is 9.56. The summed E-state index contributed by atoms with van der Waals surface area (Å²) in [7, 11) is 0. The van der Waals surface area contributed by atoms with Gasteiger partial charge in [-0.05, 0) is 42.8 Å². The zero-order chi connectivity index (χ0) is 22.7. The number of benzene rings is 2. The van der Waals surface area contributed by atoms with E-state index in [1.54, 1.807) is 23.7 Å². The first-order valence-corrected chi connectivity index (χ1v) is 11.8. The molecule has 2 aromatic carbocycles. The molecule has 4 rings (SSSR count). The Labute approximate surface area is 194 Å². The molecule has 0 aliphatic heterocycles. The van der Waals surface area contributed by atoms with Crippen molar-refractivity contribution in [1.29, 1.82) is 0 Å². The van der Waals surface area contributed by atoms with Gasteiger partial charge in [-0.3, -0.25) is 19.9 Å². The van der Waals surface area contributed by atoms with Crippen LogP contribution in [0.4, 0.5) is 16.5 Å². The highest BCUT2D eigenvalue weighted by atomic mass is 32.2. The van der Waals surface area contributed by atoms with Crippen molar-refractivity contribution in [2.75, 3.05) is 5.32 Å². The molecule has 32 heavy (non-hydrogen) atoms. The van der Waals surface area contributed by atoms with E-state index in [4.69, 9.17) is 0 Å². The molecule has 0 saturated heterocycles. The number of nitrogens with zero attached hydrogens (tertiary/aromatic N) is 4. The van der Waals surface area contributed by atoms with E-state index in [2.05, 4.69) is 20.3 Å². The predicted octanol–water partition coefficient (Wildman–Crippen LogP) is 5.24. The van der Waals surface area contributed by atoms with Gasteiger partial charge in [0.05, 0.1) is 26.1 Å². The molecule has 1 atom stereocenters. The van der Waals surface area contributed by atoms with E-state index in [9.17, 15) is 20.0 Å². The van der Waals surface area contributed by atoms with Gasteiger partial charge in [-0.15, -0.1) is 22.7 Å². The molecule has 0 bridgehead atoms. The minimum absolute atomic E-state index is 0.141. The summed E-state index contributed by atoms with van der Waals surface area (Å²) in [5.74, 6) is -0.532. The van der Waals surface area contributed by atoms with Crippen LogP contribution < -0.4 is 5.32 Å². The Kier molecular flexibility index (Phi) is 6.44. The molecule has 1 amide bonds. The van der Waals surface area contributed by atoms with Crippen LogP contribution in [-0.4, -0.2) is 37.4 Å². The lowest BCUT2D eigenvalue weighted by atomic mass is 10.2. The number of phenols is 1. The Bertz CT molecular complexity index is 1320. The van der Waals surface area contributed by atoms with Crippen LogP contribution in [0.2, 0.25) is 0 Å². The molecule has 0 spiro atoms. The third kappa shape index (κ3) is 5.10. The van der Waals surface area contributed by atoms with Crippen molar-refractivity contribution >= 4 is 73.3 Å². The Hall–Kier alpha value is -3.35. The first-order valence-electron chi connectivity index (χ1n) is 9.18. The van der Waals surface area contributed by atoms with Crippen LogP contribution in [0.5, 0.6) is 5.75 Å². The van der Waals surface area contributed by atoms with Crippen molar-refractivity contribution in [3.8, 4) is 5.75 Å². The van der Waals surface area contributed by atoms with Crippen LogP contribution in [0.25, 0.3) is 10.2 Å². The maximum atomic E-state index is 12.3. The summed E-state index contributed by atoms with van der Waals surface area (Å²) in [4.78, 5) is 35.6. The Balaban J connectivity index is 1.47. The Morgan fingerprint density at radius 1 is 1.34 bits per heavy atom. The van der Waals surface area contributed by atoms with Crippen LogP contribution in [0.3, 0.4) is 0 Å². The van der Waals surface area contributed by atoms with Gasteiger partial charge in [0.2, 0.25) is 5.91 Å². The van der Waals surface area contributed by atoms with E-state index >= 15 is 0 Å². The van der Waals surface area contributed by atoms with Crippen LogP contribution in [0, 0.1) is 10.1 Å². The van der Waals surface area contributed by atoms with E-state index in [0.29, 0.717) is 16.4 Å². The third-order valence-corrected chi connectivity index (χ3v) is 7.12. The number of nitro benzene ring substituents is 1. The fourth-order valence-corrected chi connectivity index (χ4v) is 5.41. The molecule has 0 aliphatic rings. The number of phenolic OH excluding ortho intramolecular Hbond substituents is 1. The molecule has 4 aromatic rings. The number of aromatic hydroxyl groups is 1. The van der Waals surface area contributed by atoms with Crippen molar-refractivity contribution in [2.45, 2.75) is 16.5 Å². The normalized spacial score (nSPS) is 12.3. The molecule has 0 fully saturated rings. The van der Waals surface area contributed by atoms with Crippen LogP contribution in [-0.2, 0) is 4.79 Å². The predicted molar refractivity (Wildman–Crippen MR) is 128 cm³/mol. The van der Waals surface area contributed by atoms with Gasteiger partial charge in [0.15, 0.2) is 15.2 Å². The highest BCUT2D eigenvalue weighted by molar-refractivity contribution is 8.02. The number of aliphatic imine (C=N–C) groups is 1. The molecule has 2 N–H and O–H groups in total. The standard InChI is InChI=1S/C20H15N5O4S3/c1-11(18(27)24-19-21-6-7-30-19)31-20-23-14-4-3-13(9-17(14)32-20)22-10-12-2-5-16(26)15(8-12)25(28)29/h2-11,26H,1H3,(H,21,24,27)/t11-/m1/s1. The molecule has 2 aromatic heterocycles. The summed E-state index contributed by atoms with van der Waals surface area (Å²) in [5, 5.41) is 25.3. The number of anilines is 1. The number of aromatic nitrogens is 2. The number of fused-ring (bicyclic) bond motifs is 1. The number of amides is 1. The summed E-state index contributed by atoms with van der Waals surface area (Å²) in [5.41, 5.74) is 1.57. The van der Waals surface area contributed by atoms with Crippen molar-refractivity contribution in [2.24, 2.45) is 4.99 Å². The number of thiazole rings is 2. The van der Waals surface area contributed by atoms with Gasteiger partial charge in [-0.2, -0.15) is 0 Å². The largest absolute Gasteiger partial charge is 0.502 e. The van der Waals surface area contributed by atoms with E-state index in [-0.39, 0.29) is 16.8 Å². The zero-order valence-electron chi connectivity index (χ0n) is 16.5. The molecular weight excluding hydrogens is 470 g/mol. The van der Waals surface area contributed by atoms with Crippen molar-refractivity contribution in [1.82, 2.24) is 9.97 Å². The van der Waals surface area contributed by atoms with E-state index in [0.717, 1.165) is 14.6 Å². The van der Waals surface area contributed by atoms with Gasteiger partial charge in [0.25, 0.3) is 0 Å². The molecular formula is C20H15N5O4S3. The molecule has 162 valence electrons. The lowest BCUT2D eigenvalue weighted by Crippen LogP contribution is -2.22. The number of hydrogen-bond donors (Lipinski definition) is 2. The summed E-state index contributed by atoms with van der Waals surface area (Å²) in [6.45, 7) is 1.81. The van der Waals surface area contributed by atoms with Gasteiger partial charge in [0.1, 0.15) is 0 Å². The van der Waals surface area contributed by atoms with Gasteiger partial charge in [-0.1, -0.05) is 11.8 Å². The number of nitrogens with one attached hydrogen (secondary N) is 1. The van der Waals surface area contributed by atoms with Gasteiger partial charge in [0, 0.05) is 23.9 Å². The fraction of sp³-hybridized carbons (Fsp3) is 0.100. The number of carbonyl (C=O) groups is 1. The molecule has 0 saturated carbocycles. The quantitative estimate of drug-likeness (QED) is 0.158. The van der Waals surface area contributed by atoms with Crippen molar-refractivity contribution < 1.29 is 14.8 Å². The second-order valence-electron chi connectivity index (χ2n) is 6.48. The number of thioether (sulfide) groups is 1. The average molecular weight is 486 g/mol. The Morgan fingerprint density at radius 2 is 2.19 bits per heavy atom. The molecule has 0 radical (unpaired) electrons. The van der Waals surface area contributed by atoms with E-state index in [1.807, 2.05) is 19.1 Å². The number of rotatable bonds is 7. The fourth-order valence-electron chi connectivity index (χ4n) is 2.64. The highest BCUT2D eigenvalue weighted by Crippen LogP contribution is 2.34. The maximum absolute atomic E-state index is 12.3. The van der Waals surface area contributed by atoms with Crippen LogP contribution >= 0.6 is 34.4 Å². The van der Waals surface area contributed by atoms with Gasteiger partial charge in [-0.25, -0.2) is 9.97 Å². The molecule has 0 aliphatic carbocycles. The first-order chi connectivity index (χ1) is 15.4. The van der Waals surface area contributed by atoms with Crippen LogP contribution in [0.1, 0.15) is 12.5 Å². The molecule has 12 heteroatoms. The highest BCUT2D eigenvalue weighted by Gasteiger charge is 2.18. The number of hydrogen-bond acceptors (Lipinski definition) is 10. The lowest BCUT2D eigenvalue weighted by Gasteiger charge is -2.07. The minimum Gasteiger partial charge on any atom is -0.502 e. The SMILES string of the molecule is C[C@@H](Sc1nc2ccc(N=Cc3ccc(O)c([N+](=O)[O-])c3)cc2s1)C(=O)Nc1nccs1. The monoisotopic (exact) mass is 485 g/mol. The lowest BCUT2D eigenvalue weighted by molar-refractivity contribution is -0.385. The minimum atomic E-state index is -0.645. The summed E-state index contributed by atoms with van der Waals surface area (Å²) >= 11 is 4.19.